The van der Waals surface area contributed by atoms with Crippen LogP contribution in [-0.2, 0) is 33.8 Å². The van der Waals surface area contributed by atoms with Crippen molar-refractivity contribution in [2.24, 2.45) is 0 Å². The Morgan fingerprint density at radius 2 is 2.25 bits per heavy atom. The molecule has 0 radical (unpaired) electrons. The summed E-state index contributed by atoms with van der Waals surface area (Å²) in [5, 5.41) is 7.45. The summed E-state index contributed by atoms with van der Waals surface area (Å²) in [4.78, 5) is 26.1. The third kappa shape index (κ3) is 3.95. The Hall–Kier alpha value is -1.89. The van der Waals surface area contributed by atoms with Crippen molar-refractivity contribution >= 4 is 11.8 Å². The third-order valence-electron chi connectivity index (χ3n) is 4.42. The second-order valence-corrected chi connectivity index (χ2v) is 6.83. The molecule has 24 heavy (non-hydrogen) atoms. The van der Waals surface area contributed by atoms with E-state index in [1.54, 1.807) is 0 Å². The van der Waals surface area contributed by atoms with Gasteiger partial charge in [0.2, 0.25) is 5.91 Å². The van der Waals surface area contributed by atoms with Crippen LogP contribution in [0.5, 0.6) is 0 Å². The maximum Gasteiger partial charge on any atom is 0.252 e. The predicted octanol–water partition coefficient (Wildman–Crippen LogP) is 0.861. The molecule has 0 aliphatic carbocycles. The molecule has 0 saturated carbocycles. The number of aromatic nitrogens is 2. The molecule has 0 bridgehead atoms. The first-order valence-electron chi connectivity index (χ1n) is 8.78. The van der Waals surface area contributed by atoms with Crippen LogP contribution in [0.3, 0.4) is 0 Å². The van der Waals surface area contributed by atoms with Gasteiger partial charge in [0.05, 0.1) is 24.5 Å². The maximum atomic E-state index is 12.5. The highest BCUT2D eigenvalue weighted by atomic mass is 16.5. The Balaban J connectivity index is 1.56. The molecule has 2 aliphatic rings. The zero-order valence-corrected chi connectivity index (χ0v) is 14.5. The topological polar surface area (TPSA) is 76.5 Å². The van der Waals surface area contributed by atoms with Crippen molar-refractivity contribution in [2.75, 3.05) is 13.2 Å². The summed E-state index contributed by atoms with van der Waals surface area (Å²) in [6.45, 7) is 6.53. The summed E-state index contributed by atoms with van der Waals surface area (Å²) >= 11 is 0. The van der Waals surface area contributed by atoms with Gasteiger partial charge in [0.1, 0.15) is 6.10 Å². The van der Waals surface area contributed by atoms with Gasteiger partial charge in [-0.05, 0) is 32.8 Å². The SMILES string of the molecule is CC(C)NC(=O)CCc1cc2n(n1)CCN(C(=O)[C@H]1CCCO1)C2. The second kappa shape index (κ2) is 7.34. The van der Waals surface area contributed by atoms with Crippen molar-refractivity contribution in [3.05, 3.63) is 17.5 Å². The van der Waals surface area contributed by atoms with Crippen LogP contribution in [0, 0.1) is 0 Å². The Labute approximate surface area is 142 Å². The molecule has 1 atom stereocenters. The first kappa shape index (κ1) is 17.0. The van der Waals surface area contributed by atoms with Crippen LogP contribution in [-0.4, -0.2) is 51.8 Å². The lowest BCUT2D eigenvalue weighted by molar-refractivity contribution is -0.142. The predicted molar refractivity (Wildman–Crippen MR) is 88.2 cm³/mol. The number of carbonyl (C=O) groups excluding carboxylic acids is 2. The highest BCUT2D eigenvalue weighted by Crippen LogP contribution is 2.20. The van der Waals surface area contributed by atoms with Gasteiger partial charge in [0.15, 0.2) is 0 Å². The van der Waals surface area contributed by atoms with E-state index in [1.807, 2.05) is 29.5 Å². The molecule has 2 aliphatic heterocycles. The zero-order valence-electron chi connectivity index (χ0n) is 14.5. The van der Waals surface area contributed by atoms with E-state index in [0.29, 0.717) is 39.1 Å². The number of ether oxygens (including phenoxy) is 1. The van der Waals surface area contributed by atoms with Crippen molar-refractivity contribution in [3.8, 4) is 0 Å². The molecule has 1 aromatic heterocycles. The van der Waals surface area contributed by atoms with Gasteiger partial charge in [0.25, 0.3) is 5.91 Å². The lowest BCUT2D eigenvalue weighted by Gasteiger charge is -2.29. The average Bonchev–Trinajstić information content (AvgIpc) is 3.20. The molecule has 0 aromatic carbocycles. The Morgan fingerprint density at radius 3 is 2.96 bits per heavy atom. The second-order valence-electron chi connectivity index (χ2n) is 6.83. The first-order valence-corrected chi connectivity index (χ1v) is 8.78. The van der Waals surface area contributed by atoms with E-state index >= 15 is 0 Å². The summed E-state index contributed by atoms with van der Waals surface area (Å²) in [6.07, 6.45) is 2.58. The van der Waals surface area contributed by atoms with Crippen LogP contribution < -0.4 is 5.32 Å². The number of fused-ring (bicyclic) bond motifs is 1. The van der Waals surface area contributed by atoms with Crippen LogP contribution in [0.4, 0.5) is 0 Å². The highest BCUT2D eigenvalue weighted by molar-refractivity contribution is 5.81. The van der Waals surface area contributed by atoms with Crippen molar-refractivity contribution in [2.45, 2.75) is 64.8 Å². The molecule has 1 saturated heterocycles. The fraction of sp³-hybridized carbons (Fsp3) is 0.706. The molecule has 0 unspecified atom stereocenters. The largest absolute Gasteiger partial charge is 0.368 e. The molecule has 1 fully saturated rings. The fourth-order valence-electron chi connectivity index (χ4n) is 3.25. The molecular formula is C17H26N4O3. The van der Waals surface area contributed by atoms with Crippen LogP contribution in [0.1, 0.15) is 44.5 Å². The van der Waals surface area contributed by atoms with Gasteiger partial charge in [-0.3, -0.25) is 14.3 Å². The summed E-state index contributed by atoms with van der Waals surface area (Å²) in [5.74, 6) is 0.143. The van der Waals surface area contributed by atoms with Gasteiger partial charge in [0, 0.05) is 32.0 Å². The van der Waals surface area contributed by atoms with Crippen molar-refractivity contribution in [1.82, 2.24) is 20.0 Å². The standard InChI is InChI=1S/C17H26N4O3/c1-12(2)18-16(22)6-5-13-10-14-11-20(7-8-21(14)19-13)17(23)15-4-3-9-24-15/h10,12,15H,3-9,11H2,1-2H3,(H,18,22)/t15-/m1/s1. The number of nitrogens with one attached hydrogen (secondary N) is 1. The molecule has 3 heterocycles. The number of amides is 2. The summed E-state index contributed by atoms with van der Waals surface area (Å²) in [6, 6.07) is 2.17. The summed E-state index contributed by atoms with van der Waals surface area (Å²) in [5.41, 5.74) is 1.95. The third-order valence-corrected chi connectivity index (χ3v) is 4.42. The number of rotatable bonds is 5. The normalized spacial score (nSPS) is 20.3. The van der Waals surface area contributed by atoms with Crippen molar-refractivity contribution < 1.29 is 14.3 Å². The van der Waals surface area contributed by atoms with E-state index in [9.17, 15) is 9.59 Å². The van der Waals surface area contributed by atoms with Gasteiger partial charge < -0.3 is 15.0 Å². The molecular weight excluding hydrogens is 308 g/mol. The highest BCUT2D eigenvalue weighted by Gasteiger charge is 2.30. The van der Waals surface area contributed by atoms with Crippen molar-refractivity contribution in [3.63, 3.8) is 0 Å². The van der Waals surface area contributed by atoms with Gasteiger partial charge in [-0.15, -0.1) is 0 Å². The minimum Gasteiger partial charge on any atom is -0.368 e. The van der Waals surface area contributed by atoms with Crippen LogP contribution in [0.15, 0.2) is 6.07 Å². The number of hydrogen-bond donors (Lipinski definition) is 1. The van der Waals surface area contributed by atoms with Gasteiger partial charge in [-0.1, -0.05) is 0 Å². The van der Waals surface area contributed by atoms with Gasteiger partial charge >= 0.3 is 0 Å². The first-order chi connectivity index (χ1) is 11.5. The van der Waals surface area contributed by atoms with E-state index in [2.05, 4.69) is 10.4 Å². The van der Waals surface area contributed by atoms with E-state index in [4.69, 9.17) is 4.74 Å². The number of hydrogen-bond acceptors (Lipinski definition) is 4. The Kier molecular flexibility index (Phi) is 5.18. The molecule has 7 nitrogen and oxygen atoms in total. The molecule has 132 valence electrons. The lowest BCUT2D eigenvalue weighted by Crippen LogP contribution is -2.43. The van der Waals surface area contributed by atoms with E-state index in [1.165, 1.54) is 0 Å². The van der Waals surface area contributed by atoms with E-state index in [-0.39, 0.29) is 24.0 Å². The summed E-state index contributed by atoms with van der Waals surface area (Å²) < 4.78 is 7.45. The quantitative estimate of drug-likeness (QED) is 0.866. The Morgan fingerprint density at radius 1 is 1.42 bits per heavy atom. The number of aryl methyl sites for hydroxylation is 1. The molecule has 1 N–H and O–H groups in total. The molecule has 0 spiro atoms. The Bertz CT molecular complexity index is 605. The monoisotopic (exact) mass is 334 g/mol. The average molecular weight is 334 g/mol. The zero-order chi connectivity index (χ0) is 17.1. The summed E-state index contributed by atoms with van der Waals surface area (Å²) in [7, 11) is 0. The van der Waals surface area contributed by atoms with Crippen LogP contribution in [0.2, 0.25) is 0 Å². The fourth-order valence-corrected chi connectivity index (χ4v) is 3.25. The minimum atomic E-state index is -0.265. The van der Waals surface area contributed by atoms with Crippen LogP contribution in [0.25, 0.3) is 0 Å². The van der Waals surface area contributed by atoms with E-state index in [0.717, 1.165) is 24.2 Å². The van der Waals surface area contributed by atoms with Gasteiger partial charge in [-0.2, -0.15) is 5.10 Å². The van der Waals surface area contributed by atoms with Gasteiger partial charge in [-0.25, -0.2) is 0 Å². The molecule has 3 rings (SSSR count). The maximum absolute atomic E-state index is 12.5. The van der Waals surface area contributed by atoms with Crippen LogP contribution >= 0.6 is 0 Å². The molecule has 1 aromatic rings. The number of nitrogens with zero attached hydrogens (tertiary/aromatic N) is 3. The smallest absolute Gasteiger partial charge is 0.252 e. The van der Waals surface area contributed by atoms with Crippen molar-refractivity contribution in [1.29, 1.82) is 0 Å². The molecule has 2 amide bonds. The minimum absolute atomic E-state index is 0.0474. The molecule has 7 heteroatoms. The van der Waals surface area contributed by atoms with E-state index < -0.39 is 0 Å². The lowest BCUT2D eigenvalue weighted by atomic mass is 10.2. The number of carbonyl (C=O) groups is 2.